The molecule has 0 unspecified atom stereocenters. The molecule has 1 fully saturated rings. The van der Waals surface area contributed by atoms with Crippen molar-refractivity contribution in [3.05, 3.63) is 29.8 Å². The van der Waals surface area contributed by atoms with Gasteiger partial charge in [0.05, 0.1) is 12.2 Å². The number of aromatic nitrogens is 1. The van der Waals surface area contributed by atoms with Crippen LogP contribution in [0.4, 0.5) is 4.39 Å². The quantitative estimate of drug-likeness (QED) is 0.599. The van der Waals surface area contributed by atoms with Gasteiger partial charge in [0.15, 0.2) is 0 Å². The molecule has 0 saturated heterocycles. The van der Waals surface area contributed by atoms with Crippen molar-refractivity contribution in [2.45, 2.75) is 32.1 Å². The zero-order chi connectivity index (χ0) is 12.1. The fourth-order valence-electron chi connectivity index (χ4n) is 2.13. The van der Waals surface area contributed by atoms with Crippen LogP contribution < -0.4 is 0 Å². The van der Waals surface area contributed by atoms with Crippen molar-refractivity contribution in [1.29, 1.82) is 0 Å². The number of pyridine rings is 1. The third-order valence-electron chi connectivity index (χ3n) is 3.14. The normalized spacial score (nSPS) is 16.8. The molecule has 1 heterocycles. The molecule has 0 N–H and O–H groups in total. The third kappa shape index (κ3) is 3.51. The molecule has 0 radical (unpaired) electrons. The summed E-state index contributed by atoms with van der Waals surface area (Å²) >= 11 is 0. The minimum absolute atomic E-state index is 0.308. The van der Waals surface area contributed by atoms with Crippen molar-refractivity contribution in [1.82, 2.24) is 4.98 Å². The first kappa shape index (κ1) is 12.0. The van der Waals surface area contributed by atoms with Crippen LogP contribution >= 0.6 is 0 Å². The van der Waals surface area contributed by atoms with Crippen molar-refractivity contribution in [2.24, 2.45) is 5.92 Å². The molecule has 4 heteroatoms. The van der Waals surface area contributed by atoms with Crippen LogP contribution in [0.5, 0.6) is 0 Å². The fraction of sp³-hybridized carbons (Fsp3) is 0.538. The van der Waals surface area contributed by atoms with Gasteiger partial charge in [0.2, 0.25) is 5.95 Å². The molecule has 1 aliphatic rings. The highest BCUT2D eigenvalue weighted by Gasteiger charge is 2.16. The van der Waals surface area contributed by atoms with Crippen molar-refractivity contribution >= 4 is 5.97 Å². The molecule has 1 saturated carbocycles. The summed E-state index contributed by atoms with van der Waals surface area (Å²) in [6.45, 7) is 0.468. The van der Waals surface area contributed by atoms with E-state index in [1.807, 2.05) is 0 Å². The number of nitrogens with zero attached hydrogens (tertiary/aromatic N) is 1. The number of hydrogen-bond donors (Lipinski definition) is 0. The van der Waals surface area contributed by atoms with Crippen molar-refractivity contribution in [3.63, 3.8) is 0 Å². The van der Waals surface area contributed by atoms with Gasteiger partial charge in [-0.1, -0.05) is 19.3 Å². The molecule has 0 spiro atoms. The molecule has 17 heavy (non-hydrogen) atoms. The van der Waals surface area contributed by atoms with Crippen LogP contribution in [0.25, 0.3) is 0 Å². The van der Waals surface area contributed by atoms with Gasteiger partial charge in [0, 0.05) is 6.20 Å². The first-order valence-corrected chi connectivity index (χ1v) is 6.04. The third-order valence-corrected chi connectivity index (χ3v) is 3.14. The zero-order valence-electron chi connectivity index (χ0n) is 9.69. The second kappa shape index (κ2) is 5.75. The van der Waals surface area contributed by atoms with E-state index >= 15 is 0 Å². The monoisotopic (exact) mass is 237 g/mol. The molecule has 0 aliphatic heterocycles. The fourth-order valence-corrected chi connectivity index (χ4v) is 2.13. The highest BCUT2D eigenvalue weighted by Crippen LogP contribution is 2.23. The Balaban J connectivity index is 1.82. The number of rotatable bonds is 3. The molecule has 92 valence electrons. The maximum absolute atomic E-state index is 12.6. The van der Waals surface area contributed by atoms with Crippen LogP contribution in [0.3, 0.4) is 0 Å². The highest BCUT2D eigenvalue weighted by molar-refractivity contribution is 5.88. The Morgan fingerprint density at radius 2 is 2.12 bits per heavy atom. The first-order chi connectivity index (χ1) is 8.25. The number of halogens is 1. The Morgan fingerprint density at radius 3 is 2.76 bits per heavy atom. The number of carbonyl (C=O) groups is 1. The maximum Gasteiger partial charge on any atom is 0.339 e. The molecular formula is C13H16FNO2. The van der Waals surface area contributed by atoms with Crippen LogP contribution in [-0.4, -0.2) is 17.6 Å². The SMILES string of the molecule is O=C(OCC1CCCCC1)c1ccc(F)nc1. The van der Waals surface area contributed by atoms with Crippen LogP contribution in [-0.2, 0) is 4.74 Å². The standard InChI is InChI=1S/C13H16FNO2/c14-12-7-6-11(8-15-12)13(16)17-9-10-4-2-1-3-5-10/h6-8,10H,1-5,9H2. The minimum Gasteiger partial charge on any atom is -0.462 e. The molecule has 3 nitrogen and oxygen atoms in total. The van der Waals surface area contributed by atoms with Crippen molar-refractivity contribution < 1.29 is 13.9 Å². The van der Waals surface area contributed by atoms with E-state index in [4.69, 9.17) is 4.74 Å². The average Bonchev–Trinajstić information content (AvgIpc) is 2.38. The van der Waals surface area contributed by atoms with Crippen molar-refractivity contribution in [3.8, 4) is 0 Å². The summed E-state index contributed by atoms with van der Waals surface area (Å²) in [7, 11) is 0. The van der Waals surface area contributed by atoms with E-state index < -0.39 is 11.9 Å². The van der Waals surface area contributed by atoms with E-state index in [1.54, 1.807) is 0 Å². The Morgan fingerprint density at radius 1 is 1.35 bits per heavy atom. The predicted octanol–water partition coefficient (Wildman–Crippen LogP) is 2.96. The topological polar surface area (TPSA) is 39.2 Å². The van der Waals surface area contributed by atoms with Crippen LogP contribution in [0.15, 0.2) is 18.3 Å². The molecule has 1 aliphatic carbocycles. The van der Waals surface area contributed by atoms with E-state index in [2.05, 4.69) is 4.98 Å². The summed E-state index contributed by atoms with van der Waals surface area (Å²) in [5, 5.41) is 0. The van der Waals surface area contributed by atoms with E-state index in [0.717, 1.165) is 18.9 Å². The van der Waals surface area contributed by atoms with Gasteiger partial charge in [-0.05, 0) is 30.9 Å². The number of ether oxygens (including phenoxy) is 1. The van der Waals surface area contributed by atoms with Crippen LogP contribution in [0.2, 0.25) is 0 Å². The summed E-state index contributed by atoms with van der Waals surface area (Å²) < 4.78 is 17.8. The number of carbonyl (C=O) groups excluding carboxylic acids is 1. The van der Waals surface area contributed by atoms with Crippen molar-refractivity contribution in [2.75, 3.05) is 6.61 Å². The minimum atomic E-state index is -0.589. The lowest BCUT2D eigenvalue weighted by molar-refractivity contribution is 0.0409. The highest BCUT2D eigenvalue weighted by atomic mass is 19.1. The molecule has 1 aromatic heterocycles. The molecule has 1 aromatic rings. The summed E-state index contributed by atoms with van der Waals surface area (Å²) in [5.41, 5.74) is 0.308. The number of esters is 1. The Bertz CT molecular complexity index is 372. The Kier molecular flexibility index (Phi) is 4.07. The molecule has 0 atom stereocenters. The van der Waals surface area contributed by atoms with Crippen LogP contribution in [0.1, 0.15) is 42.5 Å². The Labute approximate surface area is 100 Å². The second-order valence-corrected chi connectivity index (χ2v) is 4.47. The summed E-state index contributed by atoms with van der Waals surface area (Å²) in [6, 6.07) is 2.56. The molecule has 0 amide bonds. The smallest absolute Gasteiger partial charge is 0.339 e. The molecular weight excluding hydrogens is 221 g/mol. The lowest BCUT2D eigenvalue weighted by Crippen LogP contribution is -2.16. The molecule has 2 rings (SSSR count). The lowest BCUT2D eigenvalue weighted by Gasteiger charge is -2.20. The summed E-state index contributed by atoms with van der Waals surface area (Å²) in [6.07, 6.45) is 7.20. The summed E-state index contributed by atoms with van der Waals surface area (Å²) in [4.78, 5) is 15.0. The molecule has 0 aromatic carbocycles. The van der Waals surface area contributed by atoms with Gasteiger partial charge in [0.25, 0.3) is 0 Å². The van der Waals surface area contributed by atoms with Crippen LogP contribution in [0, 0.1) is 11.9 Å². The van der Waals surface area contributed by atoms with Gasteiger partial charge in [0.1, 0.15) is 0 Å². The van der Waals surface area contributed by atoms with Gasteiger partial charge >= 0.3 is 5.97 Å². The van der Waals surface area contributed by atoms with E-state index in [9.17, 15) is 9.18 Å². The summed E-state index contributed by atoms with van der Waals surface area (Å²) in [5.74, 6) is -0.516. The van der Waals surface area contributed by atoms with Gasteiger partial charge in [-0.2, -0.15) is 4.39 Å². The van der Waals surface area contributed by atoms with Gasteiger partial charge in [-0.3, -0.25) is 0 Å². The predicted molar refractivity (Wildman–Crippen MR) is 61.1 cm³/mol. The van der Waals surface area contributed by atoms with Gasteiger partial charge < -0.3 is 4.74 Å². The Hall–Kier alpha value is -1.45. The first-order valence-electron chi connectivity index (χ1n) is 6.04. The van der Waals surface area contributed by atoms with E-state index in [1.165, 1.54) is 31.5 Å². The van der Waals surface area contributed by atoms with E-state index in [0.29, 0.717) is 18.1 Å². The largest absolute Gasteiger partial charge is 0.462 e. The zero-order valence-corrected chi connectivity index (χ0v) is 9.69. The average molecular weight is 237 g/mol. The number of hydrogen-bond acceptors (Lipinski definition) is 3. The molecule has 0 bridgehead atoms. The maximum atomic E-state index is 12.6. The second-order valence-electron chi connectivity index (χ2n) is 4.47. The van der Waals surface area contributed by atoms with Gasteiger partial charge in [-0.15, -0.1) is 0 Å². The van der Waals surface area contributed by atoms with Gasteiger partial charge in [-0.25, -0.2) is 9.78 Å². The van der Waals surface area contributed by atoms with E-state index in [-0.39, 0.29) is 0 Å². The lowest BCUT2D eigenvalue weighted by atomic mass is 9.90.